The maximum atomic E-state index is 12.6. The zero-order valence-electron chi connectivity index (χ0n) is 14.6. The van der Waals surface area contributed by atoms with Gasteiger partial charge in [-0.05, 0) is 32.3 Å². The highest BCUT2D eigenvalue weighted by Gasteiger charge is 2.28. The lowest BCUT2D eigenvalue weighted by Gasteiger charge is -2.28. The minimum absolute atomic E-state index is 0.0985. The molecular formula is C19H23NO5. The SMILES string of the molecule is COCc1c(C(=O)O[C@H](C)C(=O)N2CCCCC2)oc2ccccc12. The number of hydrogen-bond acceptors (Lipinski definition) is 5. The van der Waals surface area contributed by atoms with Crippen LogP contribution in [0.25, 0.3) is 11.0 Å². The number of methoxy groups -OCH3 is 1. The van der Waals surface area contributed by atoms with E-state index in [0.717, 1.165) is 37.7 Å². The van der Waals surface area contributed by atoms with E-state index in [1.165, 1.54) is 0 Å². The summed E-state index contributed by atoms with van der Waals surface area (Å²) in [7, 11) is 1.55. The molecule has 6 nitrogen and oxygen atoms in total. The number of rotatable bonds is 5. The summed E-state index contributed by atoms with van der Waals surface area (Å²) >= 11 is 0. The van der Waals surface area contributed by atoms with Gasteiger partial charge in [-0.2, -0.15) is 0 Å². The highest BCUT2D eigenvalue weighted by Crippen LogP contribution is 2.27. The van der Waals surface area contributed by atoms with Crippen molar-refractivity contribution in [2.75, 3.05) is 20.2 Å². The molecule has 1 saturated heterocycles. The number of carbonyl (C=O) groups is 2. The largest absolute Gasteiger partial charge is 0.449 e. The number of carbonyl (C=O) groups excluding carboxylic acids is 2. The molecule has 0 N–H and O–H groups in total. The normalized spacial score (nSPS) is 16.0. The molecule has 0 aliphatic carbocycles. The molecule has 0 saturated carbocycles. The fourth-order valence-electron chi connectivity index (χ4n) is 3.19. The van der Waals surface area contributed by atoms with Crippen LogP contribution in [0.15, 0.2) is 28.7 Å². The third-order valence-corrected chi connectivity index (χ3v) is 4.47. The molecule has 2 heterocycles. The summed E-state index contributed by atoms with van der Waals surface area (Å²) in [4.78, 5) is 26.8. The molecule has 134 valence electrons. The quantitative estimate of drug-likeness (QED) is 0.779. The minimum Gasteiger partial charge on any atom is -0.449 e. The lowest BCUT2D eigenvalue weighted by atomic mass is 10.1. The van der Waals surface area contributed by atoms with Crippen molar-refractivity contribution < 1.29 is 23.5 Å². The van der Waals surface area contributed by atoms with Gasteiger partial charge in [0.2, 0.25) is 5.76 Å². The molecule has 1 aliphatic rings. The standard InChI is InChI=1S/C19H23NO5/c1-13(18(21)20-10-6-3-7-11-20)24-19(22)17-15(12-23-2)14-8-4-5-9-16(14)25-17/h4-5,8-9,13H,3,6-7,10-12H2,1-2H3/t13-/m1/s1. The molecule has 1 aliphatic heterocycles. The molecule has 0 bridgehead atoms. The van der Waals surface area contributed by atoms with Crippen LogP contribution in [0.5, 0.6) is 0 Å². The highest BCUT2D eigenvalue weighted by atomic mass is 16.6. The van der Waals surface area contributed by atoms with E-state index >= 15 is 0 Å². The first-order valence-electron chi connectivity index (χ1n) is 8.61. The van der Waals surface area contributed by atoms with Gasteiger partial charge < -0.3 is 18.8 Å². The van der Waals surface area contributed by atoms with Crippen molar-refractivity contribution in [3.63, 3.8) is 0 Å². The number of piperidine rings is 1. The number of ether oxygens (including phenoxy) is 2. The van der Waals surface area contributed by atoms with Crippen molar-refractivity contribution >= 4 is 22.8 Å². The molecule has 1 aromatic carbocycles. The van der Waals surface area contributed by atoms with Gasteiger partial charge in [-0.1, -0.05) is 18.2 Å². The monoisotopic (exact) mass is 345 g/mol. The van der Waals surface area contributed by atoms with Crippen LogP contribution in [0.3, 0.4) is 0 Å². The van der Waals surface area contributed by atoms with Crippen LogP contribution in [-0.2, 0) is 20.9 Å². The number of benzene rings is 1. The van der Waals surface area contributed by atoms with Crippen molar-refractivity contribution in [3.05, 3.63) is 35.6 Å². The maximum absolute atomic E-state index is 12.6. The summed E-state index contributed by atoms with van der Waals surface area (Å²) in [5.74, 6) is -0.695. The Morgan fingerprint density at radius 2 is 1.92 bits per heavy atom. The Morgan fingerprint density at radius 1 is 1.20 bits per heavy atom. The Kier molecular flexibility index (Phi) is 5.38. The molecule has 1 atom stereocenters. The second-order valence-corrected chi connectivity index (χ2v) is 6.27. The van der Waals surface area contributed by atoms with E-state index in [2.05, 4.69) is 0 Å². The molecule has 6 heteroatoms. The first-order chi connectivity index (χ1) is 12.1. The summed E-state index contributed by atoms with van der Waals surface area (Å²) in [5.41, 5.74) is 1.23. The van der Waals surface area contributed by atoms with Gasteiger partial charge >= 0.3 is 5.97 Å². The number of likely N-dealkylation sites (tertiary alicyclic amines) is 1. The zero-order chi connectivity index (χ0) is 17.8. The van der Waals surface area contributed by atoms with Crippen molar-refractivity contribution in [2.45, 2.75) is 38.9 Å². The van der Waals surface area contributed by atoms with E-state index in [4.69, 9.17) is 13.9 Å². The van der Waals surface area contributed by atoms with Crippen LogP contribution in [-0.4, -0.2) is 43.1 Å². The van der Waals surface area contributed by atoms with Crippen molar-refractivity contribution in [3.8, 4) is 0 Å². The van der Waals surface area contributed by atoms with E-state index in [1.807, 2.05) is 18.2 Å². The topological polar surface area (TPSA) is 69.0 Å². The predicted molar refractivity (Wildman–Crippen MR) is 92.2 cm³/mol. The Labute approximate surface area is 146 Å². The summed E-state index contributed by atoms with van der Waals surface area (Å²) in [6.07, 6.45) is 2.29. The Morgan fingerprint density at radius 3 is 2.64 bits per heavy atom. The van der Waals surface area contributed by atoms with Gasteiger partial charge in [0.25, 0.3) is 5.91 Å². The van der Waals surface area contributed by atoms with E-state index in [0.29, 0.717) is 11.1 Å². The van der Waals surface area contributed by atoms with Gasteiger partial charge in [0.15, 0.2) is 6.10 Å². The van der Waals surface area contributed by atoms with Crippen LogP contribution >= 0.6 is 0 Å². The van der Waals surface area contributed by atoms with Crippen LogP contribution in [0.4, 0.5) is 0 Å². The Bertz CT molecular complexity index is 760. The highest BCUT2D eigenvalue weighted by molar-refractivity contribution is 5.97. The van der Waals surface area contributed by atoms with Gasteiger partial charge in [0.1, 0.15) is 5.58 Å². The molecule has 0 unspecified atom stereocenters. The van der Waals surface area contributed by atoms with Crippen LogP contribution < -0.4 is 0 Å². The molecule has 1 aromatic heterocycles. The second kappa shape index (κ2) is 7.70. The zero-order valence-corrected chi connectivity index (χ0v) is 14.6. The summed E-state index contributed by atoms with van der Waals surface area (Å²) < 4.78 is 16.2. The lowest BCUT2D eigenvalue weighted by molar-refractivity contribution is -0.140. The fraction of sp³-hybridized carbons (Fsp3) is 0.474. The summed E-state index contributed by atoms with van der Waals surface area (Å²) in [6.45, 7) is 3.28. The third-order valence-electron chi connectivity index (χ3n) is 4.47. The number of para-hydroxylation sites is 1. The lowest BCUT2D eigenvalue weighted by Crippen LogP contribution is -2.42. The van der Waals surface area contributed by atoms with E-state index in [9.17, 15) is 9.59 Å². The predicted octanol–water partition coefficient (Wildman–Crippen LogP) is 3.14. The summed E-state index contributed by atoms with van der Waals surface area (Å²) in [6, 6.07) is 7.36. The number of nitrogens with zero attached hydrogens (tertiary/aromatic N) is 1. The number of hydrogen-bond donors (Lipinski definition) is 0. The fourth-order valence-corrected chi connectivity index (χ4v) is 3.19. The maximum Gasteiger partial charge on any atom is 0.375 e. The van der Waals surface area contributed by atoms with Crippen LogP contribution in [0.2, 0.25) is 0 Å². The van der Waals surface area contributed by atoms with Gasteiger partial charge in [-0.3, -0.25) is 4.79 Å². The molecule has 1 fully saturated rings. The van der Waals surface area contributed by atoms with Gasteiger partial charge in [-0.25, -0.2) is 4.79 Å². The molecule has 0 radical (unpaired) electrons. The number of esters is 1. The number of fused-ring (bicyclic) bond motifs is 1. The van der Waals surface area contributed by atoms with Crippen molar-refractivity contribution in [1.29, 1.82) is 0 Å². The van der Waals surface area contributed by atoms with E-state index < -0.39 is 12.1 Å². The molecule has 2 aromatic rings. The third kappa shape index (κ3) is 3.69. The first kappa shape index (κ1) is 17.5. The molecule has 0 spiro atoms. The molecule has 1 amide bonds. The van der Waals surface area contributed by atoms with Gasteiger partial charge in [-0.15, -0.1) is 0 Å². The minimum atomic E-state index is -0.839. The summed E-state index contributed by atoms with van der Waals surface area (Å²) in [5, 5.41) is 0.811. The molecule has 3 rings (SSSR count). The number of furan rings is 1. The molecular weight excluding hydrogens is 322 g/mol. The van der Waals surface area contributed by atoms with Gasteiger partial charge in [0, 0.05) is 31.1 Å². The Hall–Kier alpha value is -2.34. The van der Waals surface area contributed by atoms with Crippen LogP contribution in [0.1, 0.15) is 42.3 Å². The van der Waals surface area contributed by atoms with Gasteiger partial charge in [0.05, 0.1) is 6.61 Å². The smallest absolute Gasteiger partial charge is 0.375 e. The second-order valence-electron chi connectivity index (χ2n) is 6.27. The molecule has 25 heavy (non-hydrogen) atoms. The van der Waals surface area contributed by atoms with Crippen LogP contribution in [0, 0.1) is 0 Å². The average molecular weight is 345 g/mol. The van der Waals surface area contributed by atoms with Crippen molar-refractivity contribution in [1.82, 2.24) is 4.90 Å². The van der Waals surface area contributed by atoms with Crippen molar-refractivity contribution in [2.24, 2.45) is 0 Å². The van der Waals surface area contributed by atoms with E-state index in [-0.39, 0.29) is 18.3 Å². The van der Waals surface area contributed by atoms with E-state index in [1.54, 1.807) is 25.0 Å². The average Bonchev–Trinajstić information content (AvgIpc) is 3.01. The Balaban J connectivity index is 1.77. The first-order valence-corrected chi connectivity index (χ1v) is 8.61. The number of amides is 1.